The van der Waals surface area contributed by atoms with Crippen LogP contribution in [0.25, 0.3) is 16.9 Å². The molecule has 0 bridgehead atoms. The lowest BCUT2D eigenvalue weighted by atomic mass is 10.2. The summed E-state index contributed by atoms with van der Waals surface area (Å²) >= 11 is 0. The molecule has 140 valence electrons. The predicted molar refractivity (Wildman–Crippen MR) is 101 cm³/mol. The molecule has 1 amide bonds. The zero-order chi connectivity index (χ0) is 19.7. The van der Waals surface area contributed by atoms with Crippen molar-refractivity contribution >= 4 is 17.4 Å². The Morgan fingerprint density at radius 3 is 2.79 bits per heavy atom. The van der Waals surface area contributed by atoms with E-state index in [0.717, 1.165) is 5.56 Å². The number of carbonyl (C=O) groups is 1. The molecule has 28 heavy (non-hydrogen) atoms. The van der Waals surface area contributed by atoms with Gasteiger partial charge in [-0.2, -0.15) is 15.1 Å². The SMILES string of the molecule is Cc1nc(NCc2cccc(F)c2)nc(-c2cnn3c(C(N)=O)cccc23)n1. The molecule has 4 aromatic rings. The van der Waals surface area contributed by atoms with E-state index in [2.05, 4.69) is 25.4 Å². The van der Waals surface area contributed by atoms with Gasteiger partial charge in [-0.25, -0.2) is 13.9 Å². The molecule has 3 heterocycles. The summed E-state index contributed by atoms with van der Waals surface area (Å²) in [4.78, 5) is 24.7. The standard InChI is InChI=1S/C19H16FN7O/c1-11-24-18(14-10-23-27-15(14)6-3-7-16(27)17(21)28)26-19(25-11)22-9-12-4-2-5-13(20)8-12/h2-8,10H,9H2,1H3,(H2,21,28)(H,22,24,25,26). The van der Waals surface area contributed by atoms with Gasteiger partial charge in [0.15, 0.2) is 5.82 Å². The fourth-order valence-electron chi connectivity index (χ4n) is 2.88. The first-order valence-electron chi connectivity index (χ1n) is 8.49. The van der Waals surface area contributed by atoms with E-state index in [1.165, 1.54) is 16.6 Å². The molecule has 3 aromatic heterocycles. The Morgan fingerprint density at radius 2 is 2.00 bits per heavy atom. The number of nitrogens with zero attached hydrogens (tertiary/aromatic N) is 5. The van der Waals surface area contributed by atoms with E-state index < -0.39 is 5.91 Å². The molecule has 1 aromatic carbocycles. The molecule has 0 radical (unpaired) electrons. The van der Waals surface area contributed by atoms with Crippen molar-refractivity contribution in [3.63, 3.8) is 0 Å². The van der Waals surface area contributed by atoms with Crippen molar-refractivity contribution in [2.75, 3.05) is 5.32 Å². The molecule has 4 rings (SSSR count). The Labute approximate surface area is 159 Å². The third-order valence-electron chi connectivity index (χ3n) is 4.12. The number of nitrogens with two attached hydrogens (primary N) is 1. The maximum atomic E-state index is 13.3. The van der Waals surface area contributed by atoms with Gasteiger partial charge in [-0.1, -0.05) is 18.2 Å². The Balaban J connectivity index is 1.68. The van der Waals surface area contributed by atoms with Gasteiger partial charge in [0.2, 0.25) is 5.95 Å². The minimum Gasteiger partial charge on any atom is -0.364 e. The monoisotopic (exact) mass is 377 g/mol. The maximum absolute atomic E-state index is 13.3. The molecule has 0 saturated heterocycles. The van der Waals surface area contributed by atoms with Crippen LogP contribution in [0.5, 0.6) is 0 Å². The van der Waals surface area contributed by atoms with Crippen molar-refractivity contribution in [1.29, 1.82) is 0 Å². The molecule has 0 unspecified atom stereocenters. The molecule has 0 atom stereocenters. The Kier molecular flexibility index (Phi) is 4.40. The van der Waals surface area contributed by atoms with Crippen LogP contribution in [0.3, 0.4) is 0 Å². The summed E-state index contributed by atoms with van der Waals surface area (Å²) in [5.74, 6) is 0.396. The van der Waals surface area contributed by atoms with Crippen LogP contribution in [0.15, 0.2) is 48.7 Å². The topological polar surface area (TPSA) is 111 Å². The normalized spacial score (nSPS) is 10.9. The van der Waals surface area contributed by atoms with Crippen LogP contribution in [-0.4, -0.2) is 30.5 Å². The zero-order valence-corrected chi connectivity index (χ0v) is 14.9. The second-order valence-corrected chi connectivity index (χ2v) is 6.14. The first kappa shape index (κ1) is 17.5. The summed E-state index contributed by atoms with van der Waals surface area (Å²) in [7, 11) is 0. The number of nitrogens with one attached hydrogen (secondary N) is 1. The molecule has 0 fully saturated rings. The first-order valence-corrected chi connectivity index (χ1v) is 8.49. The highest BCUT2D eigenvalue weighted by atomic mass is 19.1. The van der Waals surface area contributed by atoms with Gasteiger partial charge in [-0.05, 0) is 36.8 Å². The Morgan fingerprint density at radius 1 is 1.18 bits per heavy atom. The van der Waals surface area contributed by atoms with Crippen LogP contribution >= 0.6 is 0 Å². The quantitative estimate of drug-likeness (QED) is 0.552. The van der Waals surface area contributed by atoms with E-state index in [1.54, 1.807) is 37.4 Å². The molecule has 9 heteroatoms. The van der Waals surface area contributed by atoms with Crippen molar-refractivity contribution < 1.29 is 9.18 Å². The van der Waals surface area contributed by atoms with Crippen LogP contribution in [0.4, 0.5) is 10.3 Å². The number of benzene rings is 1. The molecule has 0 spiro atoms. The van der Waals surface area contributed by atoms with Gasteiger partial charge in [0.1, 0.15) is 17.3 Å². The predicted octanol–water partition coefficient (Wildman–Crippen LogP) is 2.34. The average molecular weight is 377 g/mol. The number of rotatable bonds is 5. The van der Waals surface area contributed by atoms with Crippen molar-refractivity contribution in [3.05, 3.63) is 71.6 Å². The van der Waals surface area contributed by atoms with Gasteiger partial charge < -0.3 is 11.1 Å². The number of carbonyl (C=O) groups excluding carboxylic acids is 1. The van der Waals surface area contributed by atoms with Crippen LogP contribution in [0.1, 0.15) is 21.9 Å². The lowest BCUT2D eigenvalue weighted by Gasteiger charge is -2.08. The zero-order valence-electron chi connectivity index (χ0n) is 14.9. The van der Waals surface area contributed by atoms with E-state index in [9.17, 15) is 9.18 Å². The highest BCUT2D eigenvalue weighted by Crippen LogP contribution is 2.23. The molecule has 0 aliphatic heterocycles. The van der Waals surface area contributed by atoms with Gasteiger partial charge in [-0.3, -0.25) is 4.79 Å². The number of halogens is 1. The lowest BCUT2D eigenvalue weighted by molar-refractivity contribution is 0.0993. The van der Waals surface area contributed by atoms with E-state index in [0.29, 0.717) is 35.2 Å². The van der Waals surface area contributed by atoms with Crippen molar-refractivity contribution in [2.45, 2.75) is 13.5 Å². The van der Waals surface area contributed by atoms with Gasteiger partial charge in [-0.15, -0.1) is 0 Å². The minimum absolute atomic E-state index is 0.263. The summed E-state index contributed by atoms with van der Waals surface area (Å²) in [5, 5.41) is 7.31. The lowest BCUT2D eigenvalue weighted by Crippen LogP contribution is -2.15. The van der Waals surface area contributed by atoms with Gasteiger partial charge in [0.05, 0.1) is 17.3 Å². The van der Waals surface area contributed by atoms with Crippen LogP contribution in [0, 0.1) is 12.7 Å². The van der Waals surface area contributed by atoms with Crippen molar-refractivity contribution in [3.8, 4) is 11.4 Å². The summed E-state index contributed by atoms with van der Waals surface area (Å²) in [6.45, 7) is 2.11. The van der Waals surface area contributed by atoms with E-state index >= 15 is 0 Å². The van der Waals surface area contributed by atoms with Gasteiger partial charge >= 0.3 is 0 Å². The number of aromatic nitrogens is 5. The Hall–Kier alpha value is -3.88. The van der Waals surface area contributed by atoms with Gasteiger partial charge in [0, 0.05) is 6.54 Å². The number of fused-ring (bicyclic) bond motifs is 1. The van der Waals surface area contributed by atoms with Crippen molar-refractivity contribution in [1.82, 2.24) is 24.6 Å². The second-order valence-electron chi connectivity index (χ2n) is 6.14. The maximum Gasteiger partial charge on any atom is 0.267 e. The number of amides is 1. The third-order valence-corrected chi connectivity index (χ3v) is 4.12. The largest absolute Gasteiger partial charge is 0.364 e. The van der Waals surface area contributed by atoms with Crippen LogP contribution in [-0.2, 0) is 6.54 Å². The molecule has 8 nitrogen and oxygen atoms in total. The first-order chi connectivity index (χ1) is 13.5. The molecule has 0 saturated carbocycles. The second kappa shape index (κ2) is 7.03. The molecule has 0 aliphatic carbocycles. The van der Waals surface area contributed by atoms with Crippen LogP contribution in [0.2, 0.25) is 0 Å². The summed E-state index contributed by atoms with van der Waals surface area (Å²) in [6, 6.07) is 11.4. The summed E-state index contributed by atoms with van der Waals surface area (Å²) < 4.78 is 14.8. The molecule has 3 N–H and O–H groups in total. The Bertz CT molecular complexity index is 1190. The molecular weight excluding hydrogens is 361 g/mol. The fraction of sp³-hybridized carbons (Fsp3) is 0.105. The number of hydrogen-bond acceptors (Lipinski definition) is 6. The van der Waals surface area contributed by atoms with E-state index in [4.69, 9.17) is 5.73 Å². The fourth-order valence-corrected chi connectivity index (χ4v) is 2.88. The van der Waals surface area contributed by atoms with Crippen molar-refractivity contribution in [2.24, 2.45) is 5.73 Å². The highest BCUT2D eigenvalue weighted by molar-refractivity contribution is 5.92. The van der Waals surface area contributed by atoms with Gasteiger partial charge in [0.25, 0.3) is 5.91 Å². The number of primary amides is 1. The number of hydrogen-bond donors (Lipinski definition) is 2. The number of anilines is 1. The van der Waals surface area contributed by atoms with Crippen LogP contribution < -0.4 is 11.1 Å². The smallest absolute Gasteiger partial charge is 0.267 e. The van der Waals surface area contributed by atoms with E-state index in [-0.39, 0.29) is 11.5 Å². The summed E-state index contributed by atoms with van der Waals surface area (Å²) in [6.07, 6.45) is 1.58. The molecular formula is C19H16FN7O. The minimum atomic E-state index is -0.579. The van der Waals surface area contributed by atoms with E-state index in [1.807, 2.05) is 6.07 Å². The highest BCUT2D eigenvalue weighted by Gasteiger charge is 2.15. The molecule has 0 aliphatic rings. The third kappa shape index (κ3) is 3.37. The number of aryl methyl sites for hydroxylation is 1. The summed E-state index contributed by atoms with van der Waals surface area (Å²) in [5.41, 5.74) is 7.72. The average Bonchev–Trinajstić information content (AvgIpc) is 3.10. The number of pyridine rings is 1.